The van der Waals surface area contributed by atoms with Gasteiger partial charge in [-0.2, -0.15) is 0 Å². The maximum Gasteiger partial charge on any atom is 0.333 e. The molecule has 1 aromatic rings. The molecule has 1 saturated heterocycles. The highest BCUT2D eigenvalue weighted by Crippen LogP contribution is 2.19. The van der Waals surface area contributed by atoms with Crippen molar-refractivity contribution in [1.29, 1.82) is 0 Å². The van der Waals surface area contributed by atoms with E-state index in [9.17, 15) is 14.4 Å². The van der Waals surface area contributed by atoms with Gasteiger partial charge in [0.25, 0.3) is 11.8 Å². The molecule has 1 heterocycles. The van der Waals surface area contributed by atoms with Crippen LogP contribution >= 0.6 is 0 Å². The molecule has 0 radical (unpaired) electrons. The largest absolute Gasteiger partial charge is 0.494 e. The van der Waals surface area contributed by atoms with Gasteiger partial charge in [0.2, 0.25) is 0 Å². The van der Waals surface area contributed by atoms with Crippen LogP contribution in [0.15, 0.2) is 18.2 Å². The third-order valence-electron chi connectivity index (χ3n) is 3.84. The van der Waals surface area contributed by atoms with Crippen LogP contribution in [0, 0.1) is 0 Å². The van der Waals surface area contributed by atoms with Gasteiger partial charge in [0.05, 0.1) is 13.0 Å². The van der Waals surface area contributed by atoms with Gasteiger partial charge in [0.1, 0.15) is 5.75 Å². The number of rotatable bonds is 8. The Labute approximate surface area is 141 Å². The van der Waals surface area contributed by atoms with E-state index in [1.54, 1.807) is 0 Å². The van der Waals surface area contributed by atoms with Crippen LogP contribution in [0.3, 0.4) is 0 Å². The molecular weight excluding hydrogens is 310 g/mol. The van der Waals surface area contributed by atoms with Crippen LogP contribution in [0.1, 0.15) is 50.7 Å². The van der Waals surface area contributed by atoms with Gasteiger partial charge in [-0.3, -0.25) is 9.59 Å². The lowest BCUT2D eigenvalue weighted by Crippen LogP contribution is -2.32. The molecule has 1 fully saturated rings. The Balaban J connectivity index is 1.75. The number of aryl methyl sites for hydroxylation is 2. The van der Waals surface area contributed by atoms with E-state index >= 15 is 0 Å². The molecule has 1 aromatic carbocycles. The molecule has 0 N–H and O–H groups in total. The number of nitrogens with zero attached hydrogens (tertiary/aromatic N) is 1. The number of amides is 2. The average Bonchev–Trinajstić information content (AvgIpc) is 2.90. The number of carbonyl (C=O) groups excluding carboxylic acids is 3. The standard InChI is InChI=1S/C18H23NO5/c1-3-13-10-14(4-2)12-15(11-13)23-9-5-6-18(22)24-19-16(20)7-8-17(19)21/h10-12H,3-9H2,1-2H3. The zero-order valence-corrected chi connectivity index (χ0v) is 14.2. The summed E-state index contributed by atoms with van der Waals surface area (Å²) < 4.78 is 5.70. The summed E-state index contributed by atoms with van der Waals surface area (Å²) in [7, 11) is 0. The molecule has 0 atom stereocenters. The van der Waals surface area contributed by atoms with E-state index in [0.29, 0.717) is 18.1 Å². The molecule has 1 aliphatic heterocycles. The van der Waals surface area contributed by atoms with Gasteiger partial charge in [0.15, 0.2) is 0 Å². The first-order valence-electron chi connectivity index (χ1n) is 8.35. The zero-order chi connectivity index (χ0) is 17.5. The van der Waals surface area contributed by atoms with Crippen molar-refractivity contribution in [3.05, 3.63) is 29.3 Å². The molecule has 0 unspecified atom stereocenters. The Morgan fingerprint density at radius 3 is 2.17 bits per heavy atom. The number of imide groups is 1. The summed E-state index contributed by atoms with van der Waals surface area (Å²) in [5.41, 5.74) is 2.43. The summed E-state index contributed by atoms with van der Waals surface area (Å²) in [6, 6.07) is 6.16. The fourth-order valence-electron chi connectivity index (χ4n) is 2.43. The second kappa shape index (κ2) is 8.47. The van der Waals surface area contributed by atoms with Crippen LogP contribution in [0.4, 0.5) is 0 Å². The van der Waals surface area contributed by atoms with Gasteiger partial charge < -0.3 is 9.57 Å². The predicted octanol–water partition coefficient (Wildman–Crippen LogP) is 2.58. The highest BCUT2D eigenvalue weighted by Gasteiger charge is 2.32. The molecule has 0 saturated carbocycles. The van der Waals surface area contributed by atoms with Crippen molar-refractivity contribution in [3.63, 3.8) is 0 Å². The number of hydrogen-bond acceptors (Lipinski definition) is 5. The minimum Gasteiger partial charge on any atom is -0.494 e. The second-order valence-corrected chi connectivity index (χ2v) is 5.69. The summed E-state index contributed by atoms with van der Waals surface area (Å²) in [5.74, 6) is -0.732. The van der Waals surface area contributed by atoms with Gasteiger partial charge in [-0.05, 0) is 42.5 Å². The molecular formula is C18H23NO5. The van der Waals surface area contributed by atoms with E-state index in [0.717, 1.165) is 18.6 Å². The van der Waals surface area contributed by atoms with E-state index in [1.165, 1.54) is 11.1 Å². The van der Waals surface area contributed by atoms with E-state index in [4.69, 9.17) is 9.57 Å². The number of ether oxygens (including phenoxy) is 1. The third kappa shape index (κ3) is 4.81. The first kappa shape index (κ1) is 18.0. The molecule has 1 aliphatic rings. The van der Waals surface area contributed by atoms with Gasteiger partial charge in [-0.25, -0.2) is 4.79 Å². The fourth-order valence-corrected chi connectivity index (χ4v) is 2.43. The summed E-state index contributed by atoms with van der Waals surface area (Å²) in [4.78, 5) is 39.2. The molecule has 0 aromatic heterocycles. The Morgan fingerprint density at radius 2 is 1.62 bits per heavy atom. The zero-order valence-electron chi connectivity index (χ0n) is 14.2. The summed E-state index contributed by atoms with van der Waals surface area (Å²) in [5, 5.41) is 0.571. The minimum atomic E-state index is -0.598. The van der Waals surface area contributed by atoms with Crippen LogP contribution in [-0.2, 0) is 32.1 Å². The van der Waals surface area contributed by atoms with Crippen molar-refractivity contribution in [2.45, 2.75) is 52.4 Å². The minimum absolute atomic E-state index is 0.0885. The maximum atomic E-state index is 11.7. The highest BCUT2D eigenvalue weighted by molar-refractivity contribution is 6.01. The lowest BCUT2D eigenvalue weighted by Gasteiger charge is -2.13. The van der Waals surface area contributed by atoms with Gasteiger partial charge >= 0.3 is 5.97 Å². The number of carbonyl (C=O) groups is 3. The Kier molecular flexibility index (Phi) is 6.35. The molecule has 6 nitrogen and oxygen atoms in total. The molecule has 0 aliphatic carbocycles. The van der Waals surface area contributed by atoms with Gasteiger partial charge in [0, 0.05) is 12.8 Å². The van der Waals surface area contributed by atoms with Crippen LogP contribution in [-0.4, -0.2) is 29.5 Å². The number of benzene rings is 1. The van der Waals surface area contributed by atoms with Crippen LogP contribution < -0.4 is 4.74 Å². The van der Waals surface area contributed by atoms with E-state index in [1.807, 2.05) is 12.1 Å². The van der Waals surface area contributed by atoms with Crippen LogP contribution in [0.25, 0.3) is 0 Å². The van der Waals surface area contributed by atoms with Crippen molar-refractivity contribution in [1.82, 2.24) is 5.06 Å². The van der Waals surface area contributed by atoms with Crippen molar-refractivity contribution in [2.24, 2.45) is 0 Å². The molecule has 24 heavy (non-hydrogen) atoms. The molecule has 130 valence electrons. The van der Waals surface area contributed by atoms with Crippen molar-refractivity contribution in [2.75, 3.05) is 6.61 Å². The molecule has 6 heteroatoms. The predicted molar refractivity (Wildman–Crippen MR) is 87.1 cm³/mol. The molecule has 0 spiro atoms. The van der Waals surface area contributed by atoms with Crippen molar-refractivity contribution < 1.29 is 24.0 Å². The van der Waals surface area contributed by atoms with E-state index in [-0.39, 0.29) is 19.3 Å². The lowest BCUT2D eigenvalue weighted by atomic mass is 10.1. The average molecular weight is 333 g/mol. The topological polar surface area (TPSA) is 72.9 Å². The molecule has 0 bridgehead atoms. The Hall–Kier alpha value is -2.37. The first-order valence-corrected chi connectivity index (χ1v) is 8.35. The quantitative estimate of drug-likeness (QED) is 0.540. The summed E-state index contributed by atoms with van der Waals surface area (Å²) in [6.45, 7) is 4.55. The van der Waals surface area contributed by atoms with E-state index in [2.05, 4.69) is 19.9 Å². The number of hydrogen-bond donors (Lipinski definition) is 0. The Morgan fingerprint density at radius 1 is 1.04 bits per heavy atom. The lowest BCUT2D eigenvalue weighted by molar-refractivity contribution is -0.197. The molecule has 2 amide bonds. The summed E-state index contributed by atoms with van der Waals surface area (Å²) in [6.07, 6.45) is 2.62. The van der Waals surface area contributed by atoms with Crippen LogP contribution in [0.5, 0.6) is 5.75 Å². The van der Waals surface area contributed by atoms with Crippen molar-refractivity contribution in [3.8, 4) is 5.75 Å². The third-order valence-corrected chi connectivity index (χ3v) is 3.84. The van der Waals surface area contributed by atoms with Crippen molar-refractivity contribution >= 4 is 17.8 Å². The fraction of sp³-hybridized carbons (Fsp3) is 0.500. The summed E-state index contributed by atoms with van der Waals surface area (Å²) >= 11 is 0. The highest BCUT2D eigenvalue weighted by atomic mass is 16.7. The first-order chi connectivity index (χ1) is 11.5. The Bertz CT molecular complexity index is 588. The SMILES string of the molecule is CCc1cc(CC)cc(OCCCC(=O)ON2C(=O)CCC2=O)c1. The normalized spacial score (nSPS) is 14.2. The molecule has 2 rings (SSSR count). The monoisotopic (exact) mass is 333 g/mol. The second-order valence-electron chi connectivity index (χ2n) is 5.69. The van der Waals surface area contributed by atoms with Gasteiger partial charge in [-0.15, -0.1) is 5.06 Å². The smallest absolute Gasteiger partial charge is 0.333 e. The van der Waals surface area contributed by atoms with Gasteiger partial charge in [-0.1, -0.05) is 19.9 Å². The van der Waals surface area contributed by atoms with Crippen LogP contribution in [0.2, 0.25) is 0 Å². The van der Waals surface area contributed by atoms with E-state index < -0.39 is 17.8 Å². The number of hydroxylamine groups is 2. The maximum absolute atomic E-state index is 11.7.